The van der Waals surface area contributed by atoms with Crippen molar-refractivity contribution in [2.45, 2.75) is 26.4 Å². The average molecular weight is 336 g/mol. The first-order valence-corrected chi connectivity index (χ1v) is 9.30. The molecular formula is C15H20N4O3S. The number of hydrogen-bond donors (Lipinski definition) is 0. The Bertz CT molecular complexity index is 839. The molecule has 3 rings (SSSR count). The van der Waals surface area contributed by atoms with Crippen LogP contribution in [0.25, 0.3) is 0 Å². The third kappa shape index (κ3) is 3.23. The van der Waals surface area contributed by atoms with Gasteiger partial charge in [0.1, 0.15) is 5.82 Å². The van der Waals surface area contributed by atoms with E-state index >= 15 is 0 Å². The highest BCUT2D eigenvalue weighted by atomic mass is 32.2. The van der Waals surface area contributed by atoms with Crippen LogP contribution in [0, 0.1) is 0 Å². The molecule has 0 saturated heterocycles. The second-order valence-electron chi connectivity index (χ2n) is 5.54. The molecule has 0 saturated carbocycles. The van der Waals surface area contributed by atoms with Gasteiger partial charge in [-0.05, 0) is 12.5 Å². The predicted octanol–water partition coefficient (Wildman–Crippen LogP) is 0.301. The van der Waals surface area contributed by atoms with E-state index in [9.17, 15) is 13.2 Å². The van der Waals surface area contributed by atoms with E-state index in [1.165, 1.54) is 8.99 Å². The quantitative estimate of drug-likeness (QED) is 0.805. The second kappa shape index (κ2) is 6.29. The summed E-state index contributed by atoms with van der Waals surface area (Å²) in [6.07, 6.45) is 0.455. The number of rotatable bonds is 4. The minimum Gasteiger partial charge on any atom is -0.278 e. The number of aromatic nitrogens is 3. The van der Waals surface area contributed by atoms with Crippen molar-refractivity contribution in [3.63, 3.8) is 0 Å². The zero-order valence-electron chi connectivity index (χ0n) is 13.1. The summed E-state index contributed by atoms with van der Waals surface area (Å²) in [5.74, 6) is 0.729. The first kappa shape index (κ1) is 15.9. The fourth-order valence-electron chi connectivity index (χ4n) is 2.76. The lowest BCUT2D eigenvalue weighted by atomic mass is 10.2. The Morgan fingerprint density at radius 3 is 2.57 bits per heavy atom. The smallest absolute Gasteiger partial charge is 0.278 e. The number of benzene rings is 1. The van der Waals surface area contributed by atoms with Gasteiger partial charge >= 0.3 is 5.69 Å². The second-order valence-corrected chi connectivity index (χ2v) is 7.80. The molecule has 2 aromatic rings. The van der Waals surface area contributed by atoms with E-state index in [1.54, 1.807) is 11.5 Å². The van der Waals surface area contributed by atoms with E-state index in [0.717, 1.165) is 5.56 Å². The minimum absolute atomic E-state index is 0.0769. The molecule has 0 fully saturated rings. The van der Waals surface area contributed by atoms with Crippen molar-refractivity contribution in [2.75, 3.05) is 18.8 Å². The zero-order chi connectivity index (χ0) is 16.4. The van der Waals surface area contributed by atoms with Gasteiger partial charge < -0.3 is 0 Å². The molecular weight excluding hydrogens is 316 g/mol. The molecule has 0 unspecified atom stereocenters. The maximum Gasteiger partial charge on any atom is 0.346 e. The van der Waals surface area contributed by atoms with E-state index in [1.807, 2.05) is 30.3 Å². The van der Waals surface area contributed by atoms with Crippen molar-refractivity contribution >= 4 is 10.0 Å². The molecule has 1 aliphatic rings. The summed E-state index contributed by atoms with van der Waals surface area (Å²) in [5, 5.41) is 4.39. The van der Waals surface area contributed by atoms with Crippen LogP contribution in [0.15, 0.2) is 35.1 Å². The predicted molar refractivity (Wildman–Crippen MR) is 86.8 cm³/mol. The third-order valence-corrected chi connectivity index (χ3v) is 5.97. The van der Waals surface area contributed by atoms with Gasteiger partial charge in [0, 0.05) is 26.1 Å². The minimum atomic E-state index is -3.23. The molecule has 0 N–H and O–H groups in total. The van der Waals surface area contributed by atoms with Crippen LogP contribution in [0.4, 0.5) is 0 Å². The molecule has 0 bridgehead atoms. The first-order valence-electron chi connectivity index (χ1n) is 7.69. The number of fused-ring (bicyclic) bond motifs is 1. The van der Waals surface area contributed by atoms with Crippen LogP contribution in [0.1, 0.15) is 18.3 Å². The Balaban J connectivity index is 1.82. The summed E-state index contributed by atoms with van der Waals surface area (Å²) in [6, 6.07) is 9.68. The lowest BCUT2D eigenvalue weighted by molar-refractivity contribution is 0.411. The molecule has 7 nitrogen and oxygen atoms in total. The molecule has 0 atom stereocenters. The molecule has 124 valence electrons. The van der Waals surface area contributed by atoms with Gasteiger partial charge in [0.2, 0.25) is 10.0 Å². The van der Waals surface area contributed by atoms with Gasteiger partial charge in [-0.2, -0.15) is 9.40 Å². The van der Waals surface area contributed by atoms with Gasteiger partial charge in [-0.15, -0.1) is 0 Å². The van der Waals surface area contributed by atoms with Crippen LogP contribution < -0.4 is 5.69 Å². The zero-order valence-corrected chi connectivity index (χ0v) is 13.9. The van der Waals surface area contributed by atoms with Crippen molar-refractivity contribution in [3.8, 4) is 0 Å². The highest BCUT2D eigenvalue weighted by Crippen LogP contribution is 2.10. The van der Waals surface area contributed by atoms with Gasteiger partial charge in [-0.25, -0.2) is 17.9 Å². The number of nitrogens with zero attached hydrogens (tertiary/aromatic N) is 4. The maximum atomic E-state index is 12.5. The van der Waals surface area contributed by atoms with Crippen LogP contribution in [-0.2, 0) is 29.5 Å². The Labute approximate surface area is 135 Å². The summed E-state index contributed by atoms with van der Waals surface area (Å²) in [5.41, 5.74) is 0.831. The Kier molecular flexibility index (Phi) is 4.36. The number of hydrogen-bond acceptors (Lipinski definition) is 4. The monoisotopic (exact) mass is 336 g/mol. The fourth-order valence-corrected chi connectivity index (χ4v) is 3.86. The van der Waals surface area contributed by atoms with Gasteiger partial charge in [0.15, 0.2) is 0 Å². The molecule has 1 aromatic carbocycles. The normalized spacial score (nSPS) is 16.0. The molecule has 0 spiro atoms. The summed E-state index contributed by atoms with van der Waals surface area (Å²) in [7, 11) is -3.23. The van der Waals surface area contributed by atoms with Crippen LogP contribution in [0.3, 0.4) is 0 Å². The highest BCUT2D eigenvalue weighted by Gasteiger charge is 2.25. The Morgan fingerprint density at radius 1 is 1.13 bits per heavy atom. The fraction of sp³-hybridized carbons (Fsp3) is 0.467. The molecule has 0 aliphatic carbocycles. The van der Waals surface area contributed by atoms with Crippen molar-refractivity contribution in [3.05, 3.63) is 52.2 Å². The van der Waals surface area contributed by atoms with Crippen LogP contribution in [0.5, 0.6) is 0 Å². The summed E-state index contributed by atoms with van der Waals surface area (Å²) >= 11 is 0. The maximum absolute atomic E-state index is 12.5. The van der Waals surface area contributed by atoms with E-state index in [0.29, 0.717) is 38.4 Å². The van der Waals surface area contributed by atoms with Crippen molar-refractivity contribution in [1.82, 2.24) is 18.7 Å². The van der Waals surface area contributed by atoms with E-state index in [-0.39, 0.29) is 11.4 Å². The van der Waals surface area contributed by atoms with Crippen LogP contribution >= 0.6 is 0 Å². The standard InChI is InChI=1S/C15H20N4O3S/c1-2-23(21,22)17-9-8-14-16-19(15(20)18(14)11-10-17)12-13-6-4-3-5-7-13/h3-7H,2,8-12H2,1H3. The molecule has 8 heteroatoms. The highest BCUT2D eigenvalue weighted by molar-refractivity contribution is 7.89. The van der Waals surface area contributed by atoms with Crippen LogP contribution in [-0.4, -0.2) is 45.9 Å². The van der Waals surface area contributed by atoms with Crippen molar-refractivity contribution < 1.29 is 8.42 Å². The van der Waals surface area contributed by atoms with Gasteiger partial charge in [0.25, 0.3) is 0 Å². The van der Waals surface area contributed by atoms with Gasteiger partial charge in [0.05, 0.1) is 12.3 Å². The third-order valence-electron chi connectivity index (χ3n) is 4.09. The topological polar surface area (TPSA) is 77.2 Å². The largest absolute Gasteiger partial charge is 0.346 e. The molecule has 23 heavy (non-hydrogen) atoms. The van der Waals surface area contributed by atoms with Crippen LogP contribution in [0.2, 0.25) is 0 Å². The molecule has 0 amide bonds. The first-order chi connectivity index (χ1) is 11.0. The van der Waals surface area contributed by atoms with Gasteiger partial charge in [-0.3, -0.25) is 4.57 Å². The summed E-state index contributed by atoms with van der Waals surface area (Å²) in [6.45, 7) is 3.10. The summed E-state index contributed by atoms with van der Waals surface area (Å²) in [4.78, 5) is 12.5. The summed E-state index contributed by atoms with van der Waals surface area (Å²) < 4.78 is 28.5. The van der Waals surface area contributed by atoms with E-state index < -0.39 is 10.0 Å². The van der Waals surface area contributed by atoms with E-state index in [2.05, 4.69) is 5.10 Å². The Hall–Kier alpha value is -1.93. The molecule has 1 aliphatic heterocycles. The average Bonchev–Trinajstić information content (AvgIpc) is 2.73. The lowest BCUT2D eigenvalue weighted by Gasteiger charge is -2.18. The van der Waals surface area contributed by atoms with Crippen molar-refractivity contribution in [1.29, 1.82) is 0 Å². The Morgan fingerprint density at radius 2 is 1.87 bits per heavy atom. The number of sulfonamides is 1. The van der Waals surface area contributed by atoms with E-state index in [4.69, 9.17) is 0 Å². The lowest BCUT2D eigenvalue weighted by Crippen LogP contribution is -2.36. The van der Waals surface area contributed by atoms with Crippen molar-refractivity contribution in [2.24, 2.45) is 0 Å². The molecule has 0 radical (unpaired) electrons. The van der Waals surface area contributed by atoms with Gasteiger partial charge in [-0.1, -0.05) is 30.3 Å². The molecule has 2 heterocycles. The molecule has 1 aromatic heterocycles. The SMILES string of the molecule is CCS(=O)(=O)N1CCc2nn(Cc3ccccc3)c(=O)n2CC1.